The number of unbranched alkanes of at least 4 members (excludes halogenated alkanes) is 5. The molecule has 0 amide bonds. The second kappa shape index (κ2) is 26.0. The molecule has 0 unspecified atom stereocenters. The number of hydrogen-bond acceptors (Lipinski definition) is 8. The molecular weight excluding hydrogens is 1130 g/mol. The molecule has 0 spiro atoms. The summed E-state index contributed by atoms with van der Waals surface area (Å²) < 4.78 is 137. The standard InChI is InChI=1S/C38H46O12S4.4Y/c1-3-4-5-6-7-8-10-32-18-15-30(24-36(32)52(42,43)44)22-31-17-20-34(38(26-31)54(48,49)50)12-9-11-33-19-16-29(25-37(33)53(45,46)47)21-28-14-13-27(2)35(23-28)51(39,40)41;;;;/h13-20,23-26H,3-12,21-22H2,1-2H3,(H,39,40,41)(H,42,43,44)(H,45,46,47)(H,48,49,50);;;;. The molecule has 0 heterocycles. The monoisotopic (exact) mass is 1180 g/mol. The molecule has 20 heteroatoms. The van der Waals surface area contributed by atoms with Crippen LogP contribution >= 0.6 is 0 Å². The van der Waals surface area contributed by atoms with E-state index in [2.05, 4.69) is 6.92 Å². The van der Waals surface area contributed by atoms with E-state index in [1.165, 1.54) is 49.4 Å². The van der Waals surface area contributed by atoms with Crippen LogP contribution in [0.25, 0.3) is 0 Å². The van der Waals surface area contributed by atoms with Crippen molar-refractivity contribution < 1.29 is 183 Å². The molecule has 58 heavy (non-hydrogen) atoms. The fourth-order valence-corrected chi connectivity index (χ4v) is 9.72. The third-order valence-corrected chi connectivity index (χ3v) is 13.1. The summed E-state index contributed by atoms with van der Waals surface area (Å²) >= 11 is 0. The molecule has 4 radical (unpaired) electrons. The maximum atomic E-state index is 12.5. The van der Waals surface area contributed by atoms with Crippen molar-refractivity contribution >= 4 is 40.5 Å². The first-order chi connectivity index (χ1) is 25.2. The van der Waals surface area contributed by atoms with Gasteiger partial charge in [0.1, 0.15) is 0 Å². The van der Waals surface area contributed by atoms with Crippen molar-refractivity contribution in [2.24, 2.45) is 0 Å². The molecule has 0 bridgehead atoms. The summed E-state index contributed by atoms with van der Waals surface area (Å²) in [4.78, 5) is -1.20. The first-order valence-electron chi connectivity index (χ1n) is 17.5. The van der Waals surface area contributed by atoms with Gasteiger partial charge in [0.2, 0.25) is 0 Å². The normalized spacial score (nSPS) is 11.8. The second-order valence-corrected chi connectivity index (χ2v) is 19.1. The molecule has 0 fully saturated rings. The second-order valence-electron chi connectivity index (χ2n) is 13.6. The summed E-state index contributed by atoms with van der Waals surface area (Å²) in [5.74, 6) is 0. The summed E-state index contributed by atoms with van der Waals surface area (Å²) in [6, 6.07) is 18.0. The Bertz CT molecular complexity index is 2440. The Morgan fingerprint density at radius 1 is 0.397 bits per heavy atom. The van der Waals surface area contributed by atoms with Gasteiger partial charge in [-0.15, -0.1) is 0 Å². The van der Waals surface area contributed by atoms with Crippen LogP contribution in [0.4, 0.5) is 0 Å². The minimum atomic E-state index is -4.71. The number of benzene rings is 4. The molecule has 0 aliphatic carbocycles. The minimum absolute atomic E-state index is 0. The zero-order chi connectivity index (χ0) is 39.9. The minimum Gasteiger partial charge on any atom is -0.282 e. The van der Waals surface area contributed by atoms with Crippen LogP contribution in [-0.2, 0) is 203 Å². The van der Waals surface area contributed by atoms with E-state index in [4.69, 9.17) is 0 Å². The summed E-state index contributed by atoms with van der Waals surface area (Å²) in [5, 5.41) is 0. The summed E-state index contributed by atoms with van der Waals surface area (Å²) in [6.45, 7) is 3.64. The van der Waals surface area contributed by atoms with Crippen LogP contribution in [-0.4, -0.2) is 51.9 Å². The Morgan fingerprint density at radius 3 is 1.03 bits per heavy atom. The smallest absolute Gasteiger partial charge is 0.282 e. The average molecular weight is 1180 g/mol. The maximum absolute atomic E-state index is 12.5. The van der Waals surface area contributed by atoms with Crippen molar-refractivity contribution in [3.05, 3.63) is 117 Å². The van der Waals surface area contributed by atoms with Gasteiger partial charge in [-0.05, 0) is 121 Å². The molecule has 306 valence electrons. The van der Waals surface area contributed by atoms with Gasteiger partial charge in [0.25, 0.3) is 40.5 Å². The zero-order valence-electron chi connectivity index (χ0n) is 32.4. The zero-order valence-corrected chi connectivity index (χ0v) is 47.0. The van der Waals surface area contributed by atoms with Gasteiger partial charge in [0, 0.05) is 131 Å². The Labute approximate surface area is 444 Å². The van der Waals surface area contributed by atoms with E-state index in [9.17, 15) is 51.9 Å². The third-order valence-electron chi connectivity index (χ3n) is 9.27. The van der Waals surface area contributed by atoms with E-state index in [1.54, 1.807) is 30.3 Å². The molecule has 4 aromatic rings. The number of hydrogen-bond donors (Lipinski definition) is 4. The van der Waals surface area contributed by atoms with Crippen molar-refractivity contribution in [3.63, 3.8) is 0 Å². The van der Waals surface area contributed by atoms with E-state index < -0.39 is 40.5 Å². The molecule has 0 saturated heterocycles. The molecular formula is C38H46O12S4Y4. The molecule has 0 atom stereocenters. The third kappa shape index (κ3) is 18.2. The van der Waals surface area contributed by atoms with Crippen LogP contribution in [0.2, 0.25) is 0 Å². The van der Waals surface area contributed by atoms with Gasteiger partial charge in [-0.25, -0.2) is 0 Å². The number of aryl methyl sites for hydroxylation is 4. The van der Waals surface area contributed by atoms with Crippen LogP contribution in [0.5, 0.6) is 0 Å². The van der Waals surface area contributed by atoms with Gasteiger partial charge in [-0.3, -0.25) is 18.2 Å². The molecule has 4 rings (SSSR count). The van der Waals surface area contributed by atoms with E-state index >= 15 is 0 Å². The molecule has 4 N–H and O–H groups in total. The first-order valence-corrected chi connectivity index (χ1v) is 23.3. The predicted molar refractivity (Wildman–Crippen MR) is 204 cm³/mol. The maximum Gasteiger partial charge on any atom is 0.294 e. The molecule has 0 aliphatic rings. The molecule has 12 nitrogen and oxygen atoms in total. The summed E-state index contributed by atoms with van der Waals surface area (Å²) in [7, 11) is -18.4. The van der Waals surface area contributed by atoms with Crippen LogP contribution < -0.4 is 0 Å². The van der Waals surface area contributed by atoms with Gasteiger partial charge in [-0.1, -0.05) is 87.6 Å². The first kappa shape index (κ1) is 58.9. The largest absolute Gasteiger partial charge is 0.294 e. The summed E-state index contributed by atoms with van der Waals surface area (Å²) in [5.41, 5.74) is 3.22. The SMILES string of the molecule is CCCCCCCCc1ccc(Cc2ccc(CCCc3ccc(Cc4ccc(C)c(S(=O)(=O)O)c4)cc3S(=O)(=O)O)c(S(=O)(=O)O)c2)cc1S(=O)(=O)O.[Y].[Y].[Y].[Y]. The van der Waals surface area contributed by atoms with Crippen molar-refractivity contribution in [1.82, 2.24) is 0 Å². The van der Waals surface area contributed by atoms with Gasteiger partial charge in [0.15, 0.2) is 0 Å². The van der Waals surface area contributed by atoms with Gasteiger partial charge in [-0.2, -0.15) is 33.7 Å². The van der Waals surface area contributed by atoms with E-state index in [1.807, 2.05) is 0 Å². The van der Waals surface area contributed by atoms with Gasteiger partial charge in [0.05, 0.1) is 19.6 Å². The van der Waals surface area contributed by atoms with E-state index in [0.29, 0.717) is 39.8 Å². The Morgan fingerprint density at radius 2 is 0.690 bits per heavy atom. The fourth-order valence-electron chi connectivity index (χ4n) is 6.54. The van der Waals surface area contributed by atoms with Crippen LogP contribution in [0.1, 0.15) is 96.4 Å². The molecule has 4 aromatic carbocycles. The predicted octanol–water partition coefficient (Wildman–Crippen LogP) is 7.23. The molecule has 0 aliphatic heterocycles. The van der Waals surface area contributed by atoms with E-state index in [-0.39, 0.29) is 194 Å². The number of rotatable bonds is 19. The van der Waals surface area contributed by atoms with E-state index in [0.717, 1.165) is 38.5 Å². The average Bonchev–Trinajstić information content (AvgIpc) is 3.07. The summed E-state index contributed by atoms with van der Waals surface area (Å²) in [6.07, 6.45) is 7.21. The quantitative estimate of drug-likeness (QED) is 0.0540. The topological polar surface area (TPSA) is 217 Å². The van der Waals surface area contributed by atoms with Crippen molar-refractivity contribution in [3.8, 4) is 0 Å². The molecule has 0 saturated carbocycles. The van der Waals surface area contributed by atoms with Crippen molar-refractivity contribution in [1.29, 1.82) is 0 Å². The van der Waals surface area contributed by atoms with Crippen molar-refractivity contribution in [2.75, 3.05) is 0 Å². The Kier molecular flexibility index (Phi) is 26.5. The fraction of sp³-hybridized carbons (Fsp3) is 0.368. The Balaban J connectivity index is 0.00000812. The van der Waals surface area contributed by atoms with Gasteiger partial charge < -0.3 is 0 Å². The molecule has 0 aromatic heterocycles. The van der Waals surface area contributed by atoms with Crippen molar-refractivity contribution in [2.45, 2.75) is 110 Å². The van der Waals surface area contributed by atoms with Gasteiger partial charge >= 0.3 is 0 Å². The van der Waals surface area contributed by atoms with Crippen LogP contribution in [0, 0.1) is 6.92 Å². The Hall–Kier alpha value is 0.936. The van der Waals surface area contributed by atoms with Crippen LogP contribution in [0.3, 0.4) is 0 Å². The van der Waals surface area contributed by atoms with Crippen LogP contribution in [0.15, 0.2) is 92.4 Å².